The second-order valence-electron chi connectivity index (χ2n) is 8.56. The van der Waals surface area contributed by atoms with Crippen LogP contribution in [0.4, 0.5) is 22.0 Å². The zero-order valence-electron chi connectivity index (χ0n) is 20.9. The average molecular weight is 610 g/mol. The molecule has 1 aromatic carbocycles. The van der Waals surface area contributed by atoms with E-state index in [-0.39, 0.29) is 27.3 Å². The summed E-state index contributed by atoms with van der Waals surface area (Å²) in [7, 11) is -2.89. The molecular formula is C26H16F5N3O5S2. The van der Waals surface area contributed by atoms with Gasteiger partial charge < -0.3 is 9.30 Å². The predicted molar refractivity (Wildman–Crippen MR) is 137 cm³/mol. The number of pyridine rings is 2. The van der Waals surface area contributed by atoms with E-state index in [2.05, 4.69) is 9.72 Å². The Morgan fingerprint density at radius 2 is 1.80 bits per heavy atom. The van der Waals surface area contributed by atoms with Crippen LogP contribution in [0.25, 0.3) is 21.0 Å². The normalized spacial score (nSPS) is 11.8. The number of ether oxygens (including phenoxy) is 1. The molecule has 41 heavy (non-hydrogen) atoms. The molecular weight excluding hydrogens is 593 g/mol. The number of carbonyl (C=O) groups excluding carboxylic acids is 1. The van der Waals surface area contributed by atoms with Crippen molar-refractivity contribution in [2.24, 2.45) is 0 Å². The first-order chi connectivity index (χ1) is 19.1. The predicted octanol–water partition coefficient (Wildman–Crippen LogP) is 5.05. The molecule has 3 aromatic heterocycles. The fourth-order valence-electron chi connectivity index (χ4n) is 3.93. The number of nitriles is 1. The number of methoxy groups -OCH3 is 1. The minimum atomic E-state index is -5.08. The lowest BCUT2D eigenvalue weighted by molar-refractivity contribution is -0.137. The van der Waals surface area contributed by atoms with Crippen molar-refractivity contribution in [3.8, 4) is 27.1 Å². The number of hydrogen-bond donors (Lipinski definition) is 0. The van der Waals surface area contributed by atoms with Crippen LogP contribution in [0.5, 0.6) is 0 Å². The summed E-state index contributed by atoms with van der Waals surface area (Å²) in [6.07, 6.45) is -3.10. The summed E-state index contributed by atoms with van der Waals surface area (Å²) in [4.78, 5) is 29.6. The second-order valence-corrected chi connectivity index (χ2v) is 11.6. The SMILES string of the molecule is COC(=O)c1cc(-c2ccc(-c3cc(C(F)(F)F)c(C#N)c(=O)n3Cc3ccc(F)cc3F)s2)cnc1S(C)(=O)=O. The lowest BCUT2D eigenvalue weighted by Gasteiger charge is -2.17. The van der Waals surface area contributed by atoms with E-state index in [1.165, 1.54) is 24.3 Å². The molecule has 3 heterocycles. The quantitative estimate of drug-likeness (QED) is 0.222. The number of alkyl halides is 3. The van der Waals surface area contributed by atoms with Crippen molar-refractivity contribution in [2.45, 2.75) is 17.7 Å². The van der Waals surface area contributed by atoms with E-state index in [9.17, 15) is 45.2 Å². The van der Waals surface area contributed by atoms with Crippen molar-refractivity contribution in [2.75, 3.05) is 13.4 Å². The van der Waals surface area contributed by atoms with E-state index in [0.29, 0.717) is 17.0 Å². The van der Waals surface area contributed by atoms with Crippen molar-refractivity contribution >= 4 is 27.1 Å². The van der Waals surface area contributed by atoms with E-state index in [0.717, 1.165) is 47.6 Å². The lowest BCUT2D eigenvalue weighted by atomic mass is 10.1. The van der Waals surface area contributed by atoms with Crippen molar-refractivity contribution in [1.29, 1.82) is 5.26 Å². The largest absolute Gasteiger partial charge is 0.465 e. The van der Waals surface area contributed by atoms with Crippen LogP contribution in [0, 0.1) is 23.0 Å². The number of sulfone groups is 1. The summed E-state index contributed by atoms with van der Waals surface area (Å²) < 4.78 is 98.9. The molecule has 0 fully saturated rings. The molecule has 0 radical (unpaired) electrons. The number of benzene rings is 1. The van der Waals surface area contributed by atoms with Crippen LogP contribution in [0.2, 0.25) is 0 Å². The number of halogens is 5. The Labute approximate surface area is 232 Å². The summed E-state index contributed by atoms with van der Waals surface area (Å²) in [5.74, 6) is -2.96. The van der Waals surface area contributed by atoms with Crippen LogP contribution in [-0.2, 0) is 27.3 Å². The van der Waals surface area contributed by atoms with Gasteiger partial charge in [0.1, 0.15) is 23.3 Å². The third-order valence-electron chi connectivity index (χ3n) is 5.81. The van der Waals surface area contributed by atoms with Gasteiger partial charge in [-0.1, -0.05) is 6.07 Å². The highest BCUT2D eigenvalue weighted by Crippen LogP contribution is 2.38. The highest BCUT2D eigenvalue weighted by atomic mass is 32.2. The molecule has 0 aliphatic rings. The molecule has 0 bridgehead atoms. The van der Waals surface area contributed by atoms with Gasteiger partial charge in [-0.05, 0) is 30.3 Å². The van der Waals surface area contributed by atoms with E-state index in [1.54, 1.807) is 0 Å². The summed E-state index contributed by atoms with van der Waals surface area (Å²) in [5, 5.41) is 8.82. The van der Waals surface area contributed by atoms with Gasteiger partial charge in [-0.25, -0.2) is 27.0 Å². The Hall–Kier alpha value is -4.42. The fraction of sp³-hybridized carbons (Fsp3) is 0.154. The smallest absolute Gasteiger partial charge is 0.417 e. The average Bonchev–Trinajstić information content (AvgIpc) is 3.39. The van der Waals surface area contributed by atoms with Gasteiger partial charge in [0.25, 0.3) is 5.56 Å². The maximum Gasteiger partial charge on any atom is 0.417 e. The molecule has 212 valence electrons. The maximum absolute atomic E-state index is 14.4. The molecule has 0 spiro atoms. The van der Waals surface area contributed by atoms with Gasteiger partial charge in [0, 0.05) is 34.5 Å². The zero-order chi connectivity index (χ0) is 30.3. The fourth-order valence-corrected chi connectivity index (χ4v) is 5.73. The molecule has 0 saturated heterocycles. The molecule has 0 unspecified atom stereocenters. The molecule has 0 aliphatic carbocycles. The van der Waals surface area contributed by atoms with Crippen molar-refractivity contribution in [3.05, 3.63) is 92.9 Å². The van der Waals surface area contributed by atoms with Crippen LogP contribution in [0.15, 0.2) is 58.5 Å². The number of carbonyl (C=O) groups is 1. The Kier molecular flexibility index (Phi) is 7.83. The monoisotopic (exact) mass is 609 g/mol. The highest BCUT2D eigenvalue weighted by Gasteiger charge is 2.37. The molecule has 15 heteroatoms. The Morgan fingerprint density at radius 1 is 1.12 bits per heavy atom. The summed E-state index contributed by atoms with van der Waals surface area (Å²) in [6, 6.07) is 8.29. The number of aromatic nitrogens is 2. The van der Waals surface area contributed by atoms with Gasteiger partial charge in [-0.15, -0.1) is 11.3 Å². The second kappa shape index (κ2) is 10.9. The van der Waals surface area contributed by atoms with Crippen LogP contribution in [-0.4, -0.2) is 37.3 Å². The van der Waals surface area contributed by atoms with Gasteiger partial charge in [0.2, 0.25) is 0 Å². The van der Waals surface area contributed by atoms with Crippen LogP contribution >= 0.6 is 11.3 Å². The topological polar surface area (TPSA) is 119 Å². The molecule has 4 aromatic rings. The molecule has 0 amide bonds. The number of esters is 1. The summed E-state index contributed by atoms with van der Waals surface area (Å²) >= 11 is 0.848. The van der Waals surface area contributed by atoms with Gasteiger partial charge in [-0.2, -0.15) is 18.4 Å². The third kappa shape index (κ3) is 5.88. The number of nitrogens with zero attached hydrogens (tertiary/aromatic N) is 3. The van der Waals surface area contributed by atoms with Gasteiger partial charge in [0.15, 0.2) is 14.9 Å². The van der Waals surface area contributed by atoms with E-state index >= 15 is 0 Å². The minimum Gasteiger partial charge on any atom is -0.465 e. The first-order valence-corrected chi connectivity index (χ1v) is 13.9. The standard InChI is InChI=1S/C26H16F5N3O5S2/c1-39-25(36)16-7-14(11-33-23(16)41(2,37)38)21-5-6-22(40-21)20-9-18(26(29,30)31)17(10-32)24(35)34(20)12-13-3-4-15(27)8-19(13)28/h3-9,11H,12H2,1-2H3. The van der Waals surface area contributed by atoms with Crippen molar-refractivity contribution in [1.82, 2.24) is 9.55 Å². The lowest BCUT2D eigenvalue weighted by Crippen LogP contribution is -2.28. The zero-order valence-corrected chi connectivity index (χ0v) is 22.5. The van der Waals surface area contributed by atoms with Crippen molar-refractivity contribution < 1.29 is 39.9 Å². The Balaban J connectivity index is 1.93. The molecule has 0 saturated carbocycles. The number of hydrogen-bond acceptors (Lipinski definition) is 8. The van der Waals surface area contributed by atoms with E-state index in [4.69, 9.17) is 0 Å². The third-order valence-corrected chi connectivity index (χ3v) is 8.00. The molecule has 0 atom stereocenters. The van der Waals surface area contributed by atoms with E-state index < -0.39 is 61.9 Å². The number of rotatable bonds is 6. The maximum atomic E-state index is 14.4. The summed E-state index contributed by atoms with van der Waals surface area (Å²) in [5.41, 5.74) is -4.76. The number of thiophene rings is 1. The van der Waals surface area contributed by atoms with Gasteiger partial charge in [0.05, 0.1) is 35.4 Å². The van der Waals surface area contributed by atoms with Crippen molar-refractivity contribution in [3.63, 3.8) is 0 Å². The van der Waals surface area contributed by atoms with Crippen LogP contribution in [0.1, 0.15) is 27.0 Å². The van der Waals surface area contributed by atoms with E-state index in [1.807, 2.05) is 0 Å². The molecule has 0 N–H and O–H groups in total. The first-order valence-electron chi connectivity index (χ1n) is 11.2. The Morgan fingerprint density at radius 3 is 2.39 bits per heavy atom. The van der Waals surface area contributed by atoms with Gasteiger partial charge in [-0.3, -0.25) is 4.79 Å². The highest BCUT2D eigenvalue weighted by molar-refractivity contribution is 7.90. The van der Waals surface area contributed by atoms with Crippen LogP contribution < -0.4 is 5.56 Å². The van der Waals surface area contributed by atoms with Gasteiger partial charge >= 0.3 is 12.1 Å². The first kappa shape index (κ1) is 29.6. The summed E-state index contributed by atoms with van der Waals surface area (Å²) in [6.45, 7) is -0.628. The molecule has 0 aliphatic heterocycles. The molecule has 8 nitrogen and oxygen atoms in total. The Bertz CT molecular complexity index is 1910. The van der Waals surface area contributed by atoms with Crippen LogP contribution in [0.3, 0.4) is 0 Å². The molecule has 4 rings (SSSR count). The minimum absolute atomic E-state index is 0.0708.